The molecule has 4 aliphatic rings. The Hall–Kier alpha value is -7.24. The van der Waals surface area contributed by atoms with Crippen molar-refractivity contribution in [1.29, 1.82) is 0 Å². The van der Waals surface area contributed by atoms with Crippen molar-refractivity contribution in [2.45, 2.75) is 121 Å². The average Bonchev–Trinajstić information content (AvgIpc) is 3.37. The number of aliphatic hydroxyl groups is 2. The van der Waals surface area contributed by atoms with E-state index in [9.17, 15) is 39.0 Å². The number of terminal acetylenes is 1. The number of amides is 2. The highest BCUT2D eigenvalue weighted by Crippen LogP contribution is 2.64. The van der Waals surface area contributed by atoms with Gasteiger partial charge in [-0.1, -0.05) is 80.6 Å². The number of hydrogen-bond donors (Lipinski definition) is 4. The quantitative estimate of drug-likeness (QED) is 0.0464. The fourth-order valence-corrected chi connectivity index (χ4v) is 11.2. The van der Waals surface area contributed by atoms with Crippen LogP contribution in [0.2, 0.25) is 0 Å². The lowest BCUT2D eigenvalue weighted by Gasteiger charge is -2.67. The molecule has 4 N–H and O–H groups in total. The molecule has 2 saturated carbocycles. The molecule has 1 aliphatic heterocycles. The van der Waals surface area contributed by atoms with Crippen molar-refractivity contribution in [3.8, 4) is 12.3 Å². The van der Waals surface area contributed by atoms with Crippen LogP contribution >= 0.6 is 0 Å². The average molecular weight is 1040 g/mol. The van der Waals surface area contributed by atoms with Gasteiger partial charge in [-0.25, -0.2) is 14.4 Å². The van der Waals surface area contributed by atoms with Gasteiger partial charge in [0, 0.05) is 50.6 Å². The van der Waals surface area contributed by atoms with Crippen molar-refractivity contribution in [3.63, 3.8) is 0 Å². The van der Waals surface area contributed by atoms with Crippen LogP contribution in [-0.2, 0) is 61.9 Å². The summed E-state index contributed by atoms with van der Waals surface area (Å²) in [6, 6.07) is 22.3. The Balaban J connectivity index is 1.36. The molecule has 1 saturated heterocycles. The molecule has 0 aromatic heterocycles. The lowest BCUT2D eigenvalue weighted by Crippen LogP contribution is -2.82. The van der Waals surface area contributed by atoms with Gasteiger partial charge in [-0.05, 0) is 61.2 Å². The van der Waals surface area contributed by atoms with Gasteiger partial charge in [-0.15, -0.1) is 12.3 Å². The lowest BCUT2D eigenvalue weighted by molar-refractivity contribution is -0.346. The number of esters is 5. The lowest BCUT2D eigenvalue weighted by atomic mass is 9.44. The predicted molar refractivity (Wildman–Crippen MR) is 263 cm³/mol. The Morgan fingerprint density at radius 1 is 0.853 bits per heavy atom. The number of Topliss-reactive ketones (excluding diaryl/α,β-unsaturated/α-hetero) is 1. The second kappa shape index (κ2) is 22.7. The van der Waals surface area contributed by atoms with Crippen LogP contribution in [0, 0.1) is 29.1 Å². The van der Waals surface area contributed by atoms with Crippen LogP contribution in [-0.4, -0.2) is 132 Å². The highest BCUT2D eigenvalue weighted by Gasteiger charge is 2.78. The summed E-state index contributed by atoms with van der Waals surface area (Å²) < 4.78 is 42.0. The number of ether oxygens (including phenoxy) is 7. The Morgan fingerprint density at radius 3 is 2.07 bits per heavy atom. The molecule has 75 heavy (non-hydrogen) atoms. The van der Waals surface area contributed by atoms with E-state index in [0.29, 0.717) is 12.8 Å². The van der Waals surface area contributed by atoms with Gasteiger partial charge in [0.15, 0.2) is 17.5 Å². The van der Waals surface area contributed by atoms with E-state index < -0.39 is 138 Å². The minimum Gasteiger partial charge on any atom is -0.455 e. The monoisotopic (exact) mass is 1030 g/mol. The first-order valence-electron chi connectivity index (χ1n) is 24.6. The fraction of sp³-hybridized carbons (Fsp3) is 0.464. The summed E-state index contributed by atoms with van der Waals surface area (Å²) in [5.74, 6) is -6.53. The summed E-state index contributed by atoms with van der Waals surface area (Å²) in [5.41, 5.74) is -7.77. The maximum absolute atomic E-state index is 15.8. The molecule has 19 nitrogen and oxygen atoms in total. The third-order valence-electron chi connectivity index (χ3n) is 15.0. The number of rotatable bonds is 18. The molecule has 3 aromatic rings. The zero-order valence-electron chi connectivity index (χ0n) is 42.5. The molecule has 2 amide bonds. The second-order valence-corrected chi connectivity index (χ2v) is 20.0. The van der Waals surface area contributed by atoms with Gasteiger partial charge < -0.3 is 54.0 Å². The third-order valence-corrected chi connectivity index (χ3v) is 15.0. The van der Waals surface area contributed by atoms with E-state index in [-0.39, 0.29) is 47.4 Å². The normalized spacial score (nSPS) is 28.1. The van der Waals surface area contributed by atoms with Gasteiger partial charge in [0.25, 0.3) is 5.91 Å². The molecule has 7 rings (SSSR count). The van der Waals surface area contributed by atoms with Gasteiger partial charge in [0.2, 0.25) is 12.0 Å². The van der Waals surface area contributed by atoms with Crippen LogP contribution in [0.1, 0.15) is 99.5 Å². The molecule has 19 heteroatoms. The highest BCUT2D eigenvalue weighted by atomic mass is 16.6. The smallest absolute Gasteiger partial charge is 0.350 e. The molecule has 2 bridgehead atoms. The minimum absolute atomic E-state index is 0.0238. The molecule has 3 aliphatic carbocycles. The van der Waals surface area contributed by atoms with E-state index >= 15 is 9.59 Å². The van der Waals surface area contributed by atoms with Gasteiger partial charge in [-0.3, -0.25) is 24.0 Å². The Morgan fingerprint density at radius 2 is 1.48 bits per heavy atom. The Bertz CT molecular complexity index is 2740. The van der Waals surface area contributed by atoms with Gasteiger partial charge in [0.05, 0.1) is 29.6 Å². The van der Waals surface area contributed by atoms with E-state index in [1.807, 2.05) is 0 Å². The minimum atomic E-state index is -2.51. The van der Waals surface area contributed by atoms with E-state index in [1.54, 1.807) is 66.7 Å². The van der Waals surface area contributed by atoms with Crippen LogP contribution in [0.15, 0.2) is 102 Å². The number of nitrogens with one attached hydrogen (secondary N) is 2. The second-order valence-electron chi connectivity index (χ2n) is 20.0. The zero-order valence-corrected chi connectivity index (χ0v) is 42.5. The van der Waals surface area contributed by atoms with E-state index in [1.165, 1.54) is 52.0 Å². The van der Waals surface area contributed by atoms with Crippen LogP contribution in [0.5, 0.6) is 0 Å². The van der Waals surface area contributed by atoms with Gasteiger partial charge in [-0.2, -0.15) is 0 Å². The molecule has 0 spiro atoms. The number of fused-ring (bicyclic) bond motifs is 5. The first-order chi connectivity index (χ1) is 35.6. The SMILES string of the molecule is C#CCCCNC(=O)COCC(=O)O[C@@H](C(=O)O[C@H]1C[C@@]2(O)[C@@H](OC(=O)c3ccccc3)[C@@H]3[C@]4(OC(C)=O)CO[C@@H]4C[C@H](O)[C@@]3(C)C(=O)[C@H](OC(C)=O)C(=C1C)C2(C)C)[C@@H](NC(=O)c1ccccc1)c1ccccc1. The van der Waals surface area contributed by atoms with Crippen molar-refractivity contribution in [2.75, 3.05) is 26.4 Å². The van der Waals surface area contributed by atoms with Crippen LogP contribution in [0.25, 0.3) is 0 Å². The summed E-state index contributed by atoms with van der Waals surface area (Å²) >= 11 is 0. The number of carbonyl (C=O) groups excluding carboxylic acids is 8. The van der Waals surface area contributed by atoms with E-state index in [2.05, 4.69) is 16.6 Å². The van der Waals surface area contributed by atoms with Gasteiger partial charge in [0.1, 0.15) is 43.2 Å². The van der Waals surface area contributed by atoms with Crippen LogP contribution in [0.3, 0.4) is 0 Å². The molecular formula is C56H62N2O17. The molecule has 11 atom stereocenters. The largest absolute Gasteiger partial charge is 0.455 e. The fourth-order valence-electron chi connectivity index (χ4n) is 11.2. The predicted octanol–water partition coefficient (Wildman–Crippen LogP) is 3.83. The summed E-state index contributed by atoms with van der Waals surface area (Å²) in [6.45, 7) is 6.56. The molecule has 3 fully saturated rings. The molecule has 1 heterocycles. The number of hydrogen-bond acceptors (Lipinski definition) is 17. The third kappa shape index (κ3) is 11.0. The van der Waals surface area contributed by atoms with Crippen molar-refractivity contribution in [1.82, 2.24) is 10.6 Å². The van der Waals surface area contributed by atoms with Gasteiger partial charge >= 0.3 is 29.8 Å². The summed E-state index contributed by atoms with van der Waals surface area (Å²) in [6.07, 6.45) is -4.91. The molecule has 398 valence electrons. The molecule has 3 aromatic carbocycles. The summed E-state index contributed by atoms with van der Waals surface area (Å²) in [7, 11) is 0. The van der Waals surface area contributed by atoms with Crippen LogP contribution < -0.4 is 10.6 Å². The number of ketones is 1. The molecule has 0 unspecified atom stereocenters. The standard InChI is InChI=1S/C56H62N2O17/c1-8-9-19-26-57-41(62)29-69-30-42(63)73-46(44(35-20-13-10-14-21-35)58-50(65)36-22-15-11-16-23-36)52(67)72-38-28-56(68)49(74-51(66)37-24-17-12-18-25-37)47-54(7,39(61)27-40-55(47,31-70-40)75-34(4)60)48(64)45(71-33(3)59)43(32(38)2)53(56,5)6/h1,10-18,20-25,38-40,44-47,49,61,68H,9,19,26-31H2,2-7H3,(H,57,62)(H,58,65)/t38-,39-,40+,44-,45+,46+,47-,49-,54+,55-,56+/m0/s1. The molecule has 0 radical (unpaired) electrons. The van der Waals surface area contributed by atoms with Crippen molar-refractivity contribution >= 4 is 47.4 Å². The number of benzene rings is 3. The number of aliphatic hydroxyl groups excluding tert-OH is 1. The maximum atomic E-state index is 15.8. The number of carbonyl (C=O) groups is 8. The summed E-state index contributed by atoms with van der Waals surface area (Å²) in [4.78, 5) is 112. The topological polar surface area (TPSA) is 266 Å². The van der Waals surface area contributed by atoms with Crippen molar-refractivity contribution in [3.05, 3.63) is 119 Å². The Labute approximate surface area is 433 Å². The van der Waals surface area contributed by atoms with Crippen molar-refractivity contribution < 1.29 is 81.7 Å². The highest BCUT2D eigenvalue weighted by molar-refractivity contribution is 5.96. The first-order valence-corrected chi connectivity index (χ1v) is 24.6. The van der Waals surface area contributed by atoms with E-state index in [4.69, 9.17) is 39.6 Å². The Kier molecular flexibility index (Phi) is 16.8. The molecular weight excluding hydrogens is 973 g/mol. The van der Waals surface area contributed by atoms with Crippen LogP contribution in [0.4, 0.5) is 0 Å². The van der Waals surface area contributed by atoms with E-state index in [0.717, 1.165) is 13.8 Å². The van der Waals surface area contributed by atoms with Crippen molar-refractivity contribution in [2.24, 2.45) is 16.7 Å². The zero-order chi connectivity index (χ0) is 54.5. The first kappa shape index (κ1) is 55.5. The summed E-state index contributed by atoms with van der Waals surface area (Å²) in [5, 5.41) is 31.6. The maximum Gasteiger partial charge on any atom is 0.350 e. The number of unbranched alkanes of at least 4 members (excludes halogenated alkanes) is 1.